The van der Waals surface area contributed by atoms with E-state index in [9.17, 15) is 17.6 Å². The highest BCUT2D eigenvalue weighted by Crippen LogP contribution is 2.31. The number of carbonyl (C=O) groups excluding carboxylic acids is 1. The van der Waals surface area contributed by atoms with Crippen molar-refractivity contribution >= 4 is 16.0 Å². The Morgan fingerprint density at radius 1 is 1.18 bits per heavy atom. The molecule has 0 bridgehead atoms. The molecule has 6 nitrogen and oxygen atoms in total. The lowest BCUT2D eigenvalue weighted by Gasteiger charge is -2.23. The van der Waals surface area contributed by atoms with Gasteiger partial charge in [0.15, 0.2) is 11.6 Å². The SMILES string of the molecule is COC(=O)C1CC(Oc2ccccc2F)CN1S(=O)(=O)c1cc(C)ccc1C. The van der Waals surface area contributed by atoms with Crippen LogP contribution < -0.4 is 4.74 Å². The second-order valence-electron chi connectivity index (χ2n) is 6.79. The average Bonchev–Trinajstić information content (AvgIpc) is 3.09. The maximum atomic E-state index is 13.9. The van der Waals surface area contributed by atoms with Crippen molar-refractivity contribution in [2.45, 2.75) is 37.3 Å². The monoisotopic (exact) mass is 407 g/mol. The molecule has 0 aliphatic carbocycles. The van der Waals surface area contributed by atoms with E-state index in [0.717, 1.165) is 9.87 Å². The first kappa shape index (κ1) is 20.3. The summed E-state index contributed by atoms with van der Waals surface area (Å²) >= 11 is 0. The Bertz CT molecular complexity index is 992. The molecule has 150 valence electrons. The van der Waals surface area contributed by atoms with E-state index in [-0.39, 0.29) is 23.6 Å². The molecule has 0 aromatic heterocycles. The van der Waals surface area contributed by atoms with Gasteiger partial charge in [-0.25, -0.2) is 12.8 Å². The molecule has 0 amide bonds. The molecular weight excluding hydrogens is 385 g/mol. The van der Waals surface area contributed by atoms with Crippen LogP contribution in [-0.2, 0) is 19.6 Å². The summed E-state index contributed by atoms with van der Waals surface area (Å²) in [4.78, 5) is 12.4. The Kier molecular flexibility index (Phi) is 5.71. The third kappa shape index (κ3) is 3.88. The van der Waals surface area contributed by atoms with E-state index in [1.54, 1.807) is 32.0 Å². The highest BCUT2D eigenvalue weighted by atomic mass is 32.2. The minimum absolute atomic E-state index is 0.0158. The number of aryl methyl sites for hydroxylation is 2. The number of hydrogen-bond donors (Lipinski definition) is 0. The summed E-state index contributed by atoms with van der Waals surface area (Å²) in [7, 11) is -2.77. The lowest BCUT2D eigenvalue weighted by Crippen LogP contribution is -2.41. The van der Waals surface area contributed by atoms with Crippen molar-refractivity contribution in [2.24, 2.45) is 0 Å². The number of hydrogen-bond acceptors (Lipinski definition) is 5. The van der Waals surface area contributed by atoms with Crippen molar-refractivity contribution in [3.8, 4) is 5.75 Å². The standard InChI is InChI=1S/C20H22FNO5S/c1-13-8-9-14(2)19(10-13)28(24,25)22-12-15(11-17(22)20(23)26-3)27-18-7-5-4-6-16(18)21/h4-10,15,17H,11-12H2,1-3H3. The van der Waals surface area contributed by atoms with Crippen molar-refractivity contribution in [1.29, 1.82) is 0 Å². The van der Waals surface area contributed by atoms with Crippen LogP contribution in [0.5, 0.6) is 5.75 Å². The molecule has 3 rings (SSSR count). The molecule has 2 aromatic rings. The first-order valence-corrected chi connectivity index (χ1v) is 10.3. The number of carbonyl (C=O) groups is 1. The van der Waals surface area contributed by atoms with Crippen LogP contribution in [0.15, 0.2) is 47.4 Å². The number of halogens is 1. The fourth-order valence-corrected chi connectivity index (χ4v) is 5.23. The van der Waals surface area contributed by atoms with Crippen LogP contribution in [0.2, 0.25) is 0 Å². The zero-order chi connectivity index (χ0) is 20.5. The third-order valence-electron chi connectivity index (χ3n) is 4.75. The molecule has 2 unspecified atom stereocenters. The first-order chi connectivity index (χ1) is 13.2. The van der Waals surface area contributed by atoms with Crippen molar-refractivity contribution in [3.05, 3.63) is 59.4 Å². The largest absolute Gasteiger partial charge is 0.486 e. The number of benzene rings is 2. The Labute approximate surface area is 163 Å². The zero-order valence-electron chi connectivity index (χ0n) is 15.9. The van der Waals surface area contributed by atoms with E-state index in [4.69, 9.17) is 9.47 Å². The predicted octanol–water partition coefficient (Wildman–Crippen LogP) is 2.83. The van der Waals surface area contributed by atoms with Gasteiger partial charge in [0.2, 0.25) is 10.0 Å². The molecule has 1 fully saturated rings. The second-order valence-corrected chi connectivity index (χ2v) is 8.65. The Hall–Kier alpha value is -2.45. The summed E-state index contributed by atoms with van der Waals surface area (Å²) in [6, 6.07) is 9.95. The summed E-state index contributed by atoms with van der Waals surface area (Å²) in [5.74, 6) is -1.21. The molecule has 2 atom stereocenters. The van der Waals surface area contributed by atoms with Crippen LogP contribution in [0.3, 0.4) is 0 Å². The topological polar surface area (TPSA) is 72.9 Å². The van der Waals surface area contributed by atoms with Crippen LogP contribution in [0.25, 0.3) is 0 Å². The third-order valence-corrected chi connectivity index (χ3v) is 6.77. The van der Waals surface area contributed by atoms with Gasteiger partial charge in [-0.2, -0.15) is 4.31 Å². The fraction of sp³-hybridized carbons (Fsp3) is 0.350. The number of esters is 1. The number of ether oxygens (including phenoxy) is 2. The van der Waals surface area contributed by atoms with Gasteiger partial charge >= 0.3 is 5.97 Å². The molecule has 0 N–H and O–H groups in total. The molecule has 0 spiro atoms. The van der Waals surface area contributed by atoms with E-state index in [1.165, 1.54) is 25.3 Å². The van der Waals surface area contributed by atoms with Crippen molar-refractivity contribution in [1.82, 2.24) is 4.31 Å². The smallest absolute Gasteiger partial charge is 0.324 e. The van der Waals surface area contributed by atoms with Gasteiger partial charge in [0.25, 0.3) is 0 Å². The van der Waals surface area contributed by atoms with E-state index in [1.807, 2.05) is 6.07 Å². The average molecular weight is 407 g/mol. The second kappa shape index (κ2) is 7.89. The maximum absolute atomic E-state index is 13.9. The molecule has 28 heavy (non-hydrogen) atoms. The summed E-state index contributed by atoms with van der Waals surface area (Å²) in [5.41, 5.74) is 1.37. The molecule has 1 aliphatic heterocycles. The molecule has 0 saturated carbocycles. The van der Waals surface area contributed by atoms with Crippen LogP contribution in [-0.4, -0.2) is 44.5 Å². The molecule has 1 aliphatic rings. The van der Waals surface area contributed by atoms with Crippen LogP contribution in [0.1, 0.15) is 17.5 Å². The highest BCUT2D eigenvalue weighted by molar-refractivity contribution is 7.89. The van der Waals surface area contributed by atoms with E-state index < -0.39 is 34.0 Å². The molecule has 8 heteroatoms. The van der Waals surface area contributed by atoms with Gasteiger partial charge in [0, 0.05) is 6.42 Å². The summed E-state index contributed by atoms with van der Waals surface area (Å²) in [5, 5.41) is 0. The van der Waals surface area contributed by atoms with E-state index in [0.29, 0.717) is 5.56 Å². The van der Waals surface area contributed by atoms with Crippen molar-refractivity contribution in [3.63, 3.8) is 0 Å². The van der Waals surface area contributed by atoms with Crippen LogP contribution in [0, 0.1) is 19.7 Å². The molecule has 1 saturated heterocycles. The van der Waals surface area contributed by atoms with Crippen molar-refractivity contribution in [2.75, 3.05) is 13.7 Å². The number of rotatable bonds is 5. The lowest BCUT2D eigenvalue weighted by molar-refractivity contribution is -0.144. The van der Waals surface area contributed by atoms with E-state index in [2.05, 4.69) is 0 Å². The van der Waals surface area contributed by atoms with Crippen molar-refractivity contribution < 1.29 is 27.1 Å². The van der Waals surface area contributed by atoms with Crippen LogP contribution >= 0.6 is 0 Å². The summed E-state index contributed by atoms with van der Waals surface area (Å²) < 4.78 is 52.0. The number of para-hydroxylation sites is 1. The quantitative estimate of drug-likeness (QED) is 0.713. The van der Waals surface area contributed by atoms with Gasteiger partial charge in [0.05, 0.1) is 18.6 Å². The van der Waals surface area contributed by atoms with Gasteiger partial charge < -0.3 is 9.47 Å². The Morgan fingerprint density at radius 2 is 1.89 bits per heavy atom. The van der Waals surface area contributed by atoms with Gasteiger partial charge in [-0.15, -0.1) is 0 Å². The zero-order valence-corrected chi connectivity index (χ0v) is 16.7. The van der Waals surface area contributed by atoms with Gasteiger partial charge in [-0.1, -0.05) is 24.3 Å². The summed E-state index contributed by atoms with van der Waals surface area (Å²) in [6.45, 7) is 3.41. The minimum Gasteiger partial charge on any atom is -0.486 e. The number of nitrogens with zero attached hydrogens (tertiary/aromatic N) is 1. The lowest BCUT2D eigenvalue weighted by atomic mass is 10.2. The Balaban J connectivity index is 1.94. The number of methoxy groups -OCH3 is 1. The highest BCUT2D eigenvalue weighted by Gasteiger charge is 2.46. The van der Waals surface area contributed by atoms with Crippen LogP contribution in [0.4, 0.5) is 4.39 Å². The normalized spacial score (nSPS) is 20.1. The fourth-order valence-electron chi connectivity index (χ4n) is 3.30. The number of sulfonamides is 1. The van der Waals surface area contributed by atoms with Gasteiger partial charge in [0.1, 0.15) is 12.1 Å². The van der Waals surface area contributed by atoms with E-state index >= 15 is 0 Å². The molecule has 1 heterocycles. The molecular formula is C20H22FNO5S. The van der Waals surface area contributed by atoms with Gasteiger partial charge in [-0.05, 0) is 43.2 Å². The Morgan fingerprint density at radius 3 is 2.57 bits per heavy atom. The van der Waals surface area contributed by atoms with Gasteiger partial charge in [-0.3, -0.25) is 4.79 Å². The predicted molar refractivity (Wildman–Crippen MR) is 101 cm³/mol. The first-order valence-electron chi connectivity index (χ1n) is 8.82. The molecule has 0 radical (unpaired) electrons. The summed E-state index contributed by atoms with van der Waals surface area (Å²) in [6.07, 6.45) is -0.605. The minimum atomic E-state index is -3.97. The maximum Gasteiger partial charge on any atom is 0.324 e. The molecule has 2 aromatic carbocycles.